The van der Waals surface area contributed by atoms with Crippen LogP contribution in [0.2, 0.25) is 0 Å². The molecule has 1 saturated heterocycles. The predicted octanol–water partition coefficient (Wildman–Crippen LogP) is 6.55. The number of nitrogens with one attached hydrogen (secondary N) is 1. The summed E-state index contributed by atoms with van der Waals surface area (Å²) < 4.78 is 8.21. The van der Waals surface area contributed by atoms with Gasteiger partial charge in [-0.3, -0.25) is 9.97 Å². The van der Waals surface area contributed by atoms with Crippen molar-refractivity contribution >= 4 is 23.0 Å². The van der Waals surface area contributed by atoms with Crippen LogP contribution in [0.5, 0.6) is 11.5 Å². The maximum Gasteiger partial charge on any atom is 0.174 e. The number of rotatable bonds is 6. The first-order valence-corrected chi connectivity index (χ1v) is 12.5. The third kappa shape index (κ3) is 4.57. The van der Waals surface area contributed by atoms with Gasteiger partial charge in [-0.2, -0.15) is 0 Å². The van der Waals surface area contributed by atoms with Gasteiger partial charge in [0.25, 0.3) is 0 Å². The van der Waals surface area contributed by atoms with E-state index in [1.165, 1.54) is 5.56 Å². The number of ether oxygens (including phenoxy) is 1. The van der Waals surface area contributed by atoms with Gasteiger partial charge in [0.2, 0.25) is 0 Å². The van der Waals surface area contributed by atoms with Crippen LogP contribution < -0.4 is 15.0 Å². The summed E-state index contributed by atoms with van der Waals surface area (Å²) in [7, 11) is 0. The molecule has 3 aromatic heterocycles. The standard InChI is InChI=1S/C30H25N5OS/c1-21-9-13-24(14-10-21)36-25-15-11-22(12-16-25)35-29(28(33-30(35)37)26-7-2-3-18-32-26)27-8-5-19-34(27)23-6-4-17-31-20-23/h2-20,28-29H,1H3,(H,33,37)/t28-,29+/m0/s1. The molecule has 4 heterocycles. The highest BCUT2D eigenvalue weighted by molar-refractivity contribution is 7.80. The van der Waals surface area contributed by atoms with E-state index in [0.717, 1.165) is 34.3 Å². The Bertz CT molecular complexity index is 1500. The van der Waals surface area contributed by atoms with Gasteiger partial charge in [0, 0.05) is 30.0 Å². The van der Waals surface area contributed by atoms with Crippen molar-refractivity contribution in [3.8, 4) is 17.2 Å². The molecular formula is C30H25N5OS. The average Bonchev–Trinajstić information content (AvgIpc) is 3.56. The van der Waals surface area contributed by atoms with Crippen molar-refractivity contribution < 1.29 is 4.74 Å². The lowest BCUT2D eigenvalue weighted by Gasteiger charge is -2.29. The summed E-state index contributed by atoms with van der Waals surface area (Å²) in [5.74, 6) is 1.57. The van der Waals surface area contributed by atoms with Crippen molar-refractivity contribution in [2.75, 3.05) is 4.90 Å². The Morgan fingerprint density at radius 1 is 0.811 bits per heavy atom. The zero-order chi connectivity index (χ0) is 25.2. The van der Waals surface area contributed by atoms with E-state index >= 15 is 0 Å². The maximum absolute atomic E-state index is 6.06. The Morgan fingerprint density at radius 2 is 1.59 bits per heavy atom. The van der Waals surface area contributed by atoms with Crippen molar-refractivity contribution in [3.05, 3.63) is 133 Å². The fraction of sp³-hybridized carbons (Fsp3) is 0.100. The lowest BCUT2D eigenvalue weighted by atomic mass is 10.0. The minimum absolute atomic E-state index is 0.137. The van der Waals surface area contributed by atoms with E-state index in [1.807, 2.05) is 85.2 Å². The number of aromatic nitrogens is 3. The van der Waals surface area contributed by atoms with Crippen LogP contribution in [0.3, 0.4) is 0 Å². The Balaban J connectivity index is 1.38. The van der Waals surface area contributed by atoms with Crippen molar-refractivity contribution in [2.24, 2.45) is 0 Å². The summed E-state index contributed by atoms with van der Waals surface area (Å²) in [6.45, 7) is 2.06. The SMILES string of the molecule is Cc1ccc(Oc2ccc(N3C(=S)N[C@@H](c4ccccn4)[C@H]3c3cccn3-c3cccnc3)cc2)cc1. The molecule has 7 heteroatoms. The molecule has 1 aliphatic heterocycles. The molecule has 0 spiro atoms. The van der Waals surface area contributed by atoms with Crippen molar-refractivity contribution in [2.45, 2.75) is 19.0 Å². The summed E-state index contributed by atoms with van der Waals surface area (Å²) in [6, 6.07) is 29.9. The predicted molar refractivity (Wildman–Crippen MR) is 149 cm³/mol. The van der Waals surface area contributed by atoms with Crippen LogP contribution in [0, 0.1) is 6.92 Å². The number of hydrogen-bond donors (Lipinski definition) is 1. The number of nitrogens with zero attached hydrogens (tertiary/aromatic N) is 4. The second-order valence-electron chi connectivity index (χ2n) is 8.92. The number of hydrogen-bond acceptors (Lipinski definition) is 4. The molecule has 1 N–H and O–H groups in total. The molecule has 0 aliphatic carbocycles. The van der Waals surface area contributed by atoms with Crippen LogP contribution in [0.25, 0.3) is 5.69 Å². The van der Waals surface area contributed by atoms with Crippen LogP contribution in [0.15, 0.2) is 116 Å². The highest BCUT2D eigenvalue weighted by atomic mass is 32.1. The van der Waals surface area contributed by atoms with Gasteiger partial charge >= 0.3 is 0 Å². The molecule has 5 aromatic rings. The van der Waals surface area contributed by atoms with E-state index in [1.54, 1.807) is 6.20 Å². The molecule has 0 saturated carbocycles. The molecule has 0 unspecified atom stereocenters. The minimum atomic E-state index is -0.138. The molecule has 0 amide bonds. The smallest absolute Gasteiger partial charge is 0.174 e. The molecule has 6 rings (SSSR count). The van der Waals surface area contributed by atoms with Gasteiger partial charge in [0.1, 0.15) is 17.5 Å². The maximum atomic E-state index is 6.06. The number of anilines is 1. The zero-order valence-electron chi connectivity index (χ0n) is 20.2. The molecule has 2 atom stereocenters. The highest BCUT2D eigenvalue weighted by Gasteiger charge is 2.42. The monoisotopic (exact) mass is 503 g/mol. The number of benzene rings is 2. The van der Waals surface area contributed by atoms with Crippen molar-refractivity contribution in [1.82, 2.24) is 19.9 Å². The van der Waals surface area contributed by atoms with E-state index in [-0.39, 0.29) is 12.1 Å². The van der Waals surface area contributed by atoms with Gasteiger partial charge in [-0.1, -0.05) is 23.8 Å². The molecular weight excluding hydrogens is 478 g/mol. The Kier molecular flexibility index (Phi) is 6.12. The summed E-state index contributed by atoms with van der Waals surface area (Å²) in [6.07, 6.45) is 7.51. The normalized spacial score (nSPS) is 17.0. The van der Waals surface area contributed by atoms with Crippen LogP contribution in [-0.2, 0) is 0 Å². The largest absolute Gasteiger partial charge is 0.457 e. The summed E-state index contributed by atoms with van der Waals surface area (Å²) in [5.41, 5.74) is 5.16. The van der Waals surface area contributed by atoms with Crippen LogP contribution >= 0.6 is 12.2 Å². The zero-order valence-corrected chi connectivity index (χ0v) is 21.0. The van der Waals surface area contributed by atoms with E-state index in [0.29, 0.717) is 5.11 Å². The van der Waals surface area contributed by atoms with Gasteiger partial charge in [0.05, 0.1) is 23.6 Å². The van der Waals surface area contributed by atoms with Gasteiger partial charge in [-0.05, 0) is 91.9 Å². The molecule has 1 aliphatic rings. The molecule has 0 bridgehead atoms. The summed E-state index contributed by atoms with van der Waals surface area (Å²) in [5, 5.41) is 4.18. The van der Waals surface area contributed by atoms with Crippen LogP contribution in [-0.4, -0.2) is 19.6 Å². The lowest BCUT2D eigenvalue weighted by Crippen LogP contribution is -2.30. The van der Waals surface area contributed by atoms with Crippen molar-refractivity contribution in [1.29, 1.82) is 0 Å². The van der Waals surface area contributed by atoms with Crippen LogP contribution in [0.1, 0.15) is 29.0 Å². The van der Waals surface area contributed by atoms with Crippen LogP contribution in [0.4, 0.5) is 5.69 Å². The topological polar surface area (TPSA) is 55.2 Å². The molecule has 6 nitrogen and oxygen atoms in total. The fourth-order valence-corrected chi connectivity index (χ4v) is 5.06. The summed E-state index contributed by atoms with van der Waals surface area (Å²) >= 11 is 5.89. The Hall–Kier alpha value is -4.49. The van der Waals surface area contributed by atoms with Gasteiger partial charge in [0.15, 0.2) is 5.11 Å². The third-order valence-corrected chi connectivity index (χ3v) is 6.79. The second kappa shape index (κ2) is 9.87. The second-order valence-corrected chi connectivity index (χ2v) is 9.31. The molecule has 0 radical (unpaired) electrons. The van der Waals surface area contributed by atoms with E-state index < -0.39 is 0 Å². The molecule has 37 heavy (non-hydrogen) atoms. The third-order valence-electron chi connectivity index (χ3n) is 6.48. The lowest BCUT2D eigenvalue weighted by molar-refractivity contribution is 0.482. The highest BCUT2D eigenvalue weighted by Crippen LogP contribution is 2.42. The summed E-state index contributed by atoms with van der Waals surface area (Å²) in [4.78, 5) is 11.1. The Morgan fingerprint density at radius 3 is 2.30 bits per heavy atom. The first-order valence-electron chi connectivity index (χ1n) is 12.1. The number of aryl methyl sites for hydroxylation is 1. The van der Waals surface area contributed by atoms with E-state index in [2.05, 4.69) is 56.1 Å². The first kappa shape index (κ1) is 22.9. The van der Waals surface area contributed by atoms with E-state index in [9.17, 15) is 0 Å². The van der Waals surface area contributed by atoms with Gasteiger partial charge in [-0.25, -0.2) is 0 Å². The minimum Gasteiger partial charge on any atom is -0.457 e. The number of thiocarbonyl (C=S) groups is 1. The molecule has 182 valence electrons. The Labute approximate surface area is 221 Å². The molecule has 2 aromatic carbocycles. The first-order chi connectivity index (χ1) is 18.2. The number of pyridine rings is 2. The van der Waals surface area contributed by atoms with Crippen molar-refractivity contribution in [3.63, 3.8) is 0 Å². The average molecular weight is 504 g/mol. The fourth-order valence-electron chi connectivity index (χ4n) is 4.72. The quantitative estimate of drug-likeness (QED) is 0.265. The van der Waals surface area contributed by atoms with Gasteiger partial charge < -0.3 is 19.5 Å². The molecule has 1 fully saturated rings. The van der Waals surface area contributed by atoms with Gasteiger partial charge in [-0.15, -0.1) is 0 Å². The van der Waals surface area contributed by atoms with E-state index in [4.69, 9.17) is 17.0 Å².